The van der Waals surface area contributed by atoms with E-state index in [1.54, 1.807) is 24.4 Å². The highest BCUT2D eigenvalue weighted by Gasteiger charge is 2.28. The second-order valence-electron chi connectivity index (χ2n) is 9.06. The van der Waals surface area contributed by atoms with E-state index in [4.69, 9.17) is 11.6 Å². The SMILES string of the molecule is CCN1CCN(c2cc3c(cc2F)c(=O)c(C(=O)NCc2ccc(Cl)cc2)cn3C2CC2)CC1. The number of hydrogen-bond donors (Lipinski definition) is 1. The lowest BCUT2D eigenvalue weighted by atomic mass is 10.1. The number of hydrogen-bond acceptors (Lipinski definition) is 4. The van der Waals surface area contributed by atoms with Gasteiger partial charge in [0.1, 0.15) is 11.4 Å². The Balaban J connectivity index is 1.47. The molecule has 1 aliphatic heterocycles. The summed E-state index contributed by atoms with van der Waals surface area (Å²) in [5, 5.41) is 3.68. The van der Waals surface area contributed by atoms with E-state index in [0.29, 0.717) is 16.2 Å². The molecule has 1 aliphatic carbocycles. The smallest absolute Gasteiger partial charge is 0.257 e. The Morgan fingerprint density at radius 1 is 1.12 bits per heavy atom. The van der Waals surface area contributed by atoms with Gasteiger partial charge in [-0.25, -0.2) is 4.39 Å². The molecule has 1 saturated heterocycles. The lowest BCUT2D eigenvalue weighted by Crippen LogP contribution is -2.46. The van der Waals surface area contributed by atoms with Crippen molar-refractivity contribution in [3.05, 3.63) is 74.8 Å². The van der Waals surface area contributed by atoms with Crippen LogP contribution in [-0.4, -0.2) is 48.1 Å². The van der Waals surface area contributed by atoms with Gasteiger partial charge in [0, 0.05) is 55.4 Å². The van der Waals surface area contributed by atoms with Crippen molar-refractivity contribution in [2.75, 3.05) is 37.6 Å². The minimum absolute atomic E-state index is 0.0390. The molecule has 0 spiro atoms. The van der Waals surface area contributed by atoms with E-state index >= 15 is 4.39 Å². The molecule has 0 atom stereocenters. The molecule has 0 radical (unpaired) electrons. The Labute approximate surface area is 202 Å². The first-order valence-electron chi connectivity index (χ1n) is 11.8. The molecule has 178 valence electrons. The van der Waals surface area contributed by atoms with E-state index in [0.717, 1.165) is 51.1 Å². The fraction of sp³-hybridized carbons (Fsp3) is 0.385. The van der Waals surface area contributed by atoms with Crippen molar-refractivity contribution in [2.24, 2.45) is 0 Å². The summed E-state index contributed by atoms with van der Waals surface area (Å²) in [6.45, 7) is 6.65. The number of pyridine rings is 1. The minimum atomic E-state index is -0.462. The van der Waals surface area contributed by atoms with Gasteiger partial charge in [-0.3, -0.25) is 9.59 Å². The molecule has 1 amide bonds. The molecule has 2 heterocycles. The molecule has 1 aromatic heterocycles. The number of nitrogens with one attached hydrogen (secondary N) is 1. The summed E-state index contributed by atoms with van der Waals surface area (Å²) in [6, 6.07) is 10.5. The molecule has 5 rings (SSSR count). The minimum Gasteiger partial charge on any atom is -0.367 e. The van der Waals surface area contributed by atoms with Crippen LogP contribution in [0.4, 0.5) is 10.1 Å². The van der Waals surface area contributed by atoms with Crippen molar-refractivity contribution < 1.29 is 9.18 Å². The lowest BCUT2D eigenvalue weighted by Gasteiger charge is -2.35. The van der Waals surface area contributed by atoms with Crippen LogP contribution in [0.2, 0.25) is 5.02 Å². The maximum absolute atomic E-state index is 15.2. The third-order valence-corrected chi connectivity index (χ3v) is 7.06. The number of benzene rings is 2. The number of halogens is 2. The van der Waals surface area contributed by atoms with Gasteiger partial charge >= 0.3 is 0 Å². The average Bonchev–Trinajstić information content (AvgIpc) is 3.69. The van der Waals surface area contributed by atoms with E-state index < -0.39 is 17.2 Å². The number of amides is 1. The van der Waals surface area contributed by atoms with E-state index in [1.807, 2.05) is 16.7 Å². The molecule has 3 aromatic rings. The number of piperazine rings is 1. The number of carbonyl (C=O) groups excluding carboxylic acids is 1. The summed E-state index contributed by atoms with van der Waals surface area (Å²) in [5.41, 5.74) is 1.69. The fourth-order valence-electron chi connectivity index (χ4n) is 4.60. The zero-order chi connectivity index (χ0) is 23.8. The topological polar surface area (TPSA) is 57.6 Å². The number of anilines is 1. The molecule has 0 unspecified atom stereocenters. The number of carbonyl (C=O) groups is 1. The Bertz CT molecular complexity index is 1280. The molecule has 0 bridgehead atoms. The lowest BCUT2D eigenvalue weighted by molar-refractivity contribution is 0.0949. The van der Waals surface area contributed by atoms with Crippen molar-refractivity contribution in [1.29, 1.82) is 0 Å². The van der Waals surface area contributed by atoms with Crippen molar-refractivity contribution >= 4 is 34.1 Å². The predicted molar refractivity (Wildman–Crippen MR) is 133 cm³/mol. The van der Waals surface area contributed by atoms with Gasteiger partial charge in [0.25, 0.3) is 5.91 Å². The van der Waals surface area contributed by atoms with Gasteiger partial charge in [0.05, 0.1) is 11.2 Å². The first-order chi connectivity index (χ1) is 16.4. The molecule has 34 heavy (non-hydrogen) atoms. The molecule has 2 aliphatic rings. The standard InChI is InChI=1S/C26H28ClFN4O2/c1-2-30-9-11-31(12-10-30)24-14-23-20(13-22(24)28)25(33)21(16-32(23)19-7-8-19)26(34)29-15-17-3-5-18(27)6-4-17/h3-6,13-14,16,19H,2,7-12,15H2,1H3,(H,29,34). The van der Waals surface area contributed by atoms with Gasteiger partial charge in [0.15, 0.2) is 0 Å². The summed E-state index contributed by atoms with van der Waals surface area (Å²) in [6.07, 6.45) is 3.60. The van der Waals surface area contributed by atoms with Gasteiger partial charge in [0.2, 0.25) is 5.43 Å². The van der Waals surface area contributed by atoms with Crippen molar-refractivity contribution in [1.82, 2.24) is 14.8 Å². The summed E-state index contributed by atoms with van der Waals surface area (Å²) < 4.78 is 17.2. The summed E-state index contributed by atoms with van der Waals surface area (Å²) in [7, 11) is 0. The van der Waals surface area contributed by atoms with Crippen LogP contribution in [0, 0.1) is 5.82 Å². The number of nitrogens with zero attached hydrogens (tertiary/aromatic N) is 3. The Kier molecular flexibility index (Phi) is 6.32. The predicted octanol–water partition coefficient (Wildman–Crippen LogP) is 4.20. The molecule has 1 N–H and O–H groups in total. The van der Waals surface area contributed by atoms with Crippen LogP contribution in [0.25, 0.3) is 10.9 Å². The molecular weight excluding hydrogens is 455 g/mol. The fourth-order valence-corrected chi connectivity index (χ4v) is 4.73. The van der Waals surface area contributed by atoms with E-state index in [2.05, 4.69) is 22.0 Å². The Hall–Kier alpha value is -2.90. The maximum Gasteiger partial charge on any atom is 0.257 e. The van der Waals surface area contributed by atoms with Crippen LogP contribution in [0.3, 0.4) is 0 Å². The third kappa shape index (κ3) is 4.55. The first-order valence-corrected chi connectivity index (χ1v) is 12.2. The number of fused-ring (bicyclic) bond motifs is 1. The molecule has 6 nitrogen and oxygen atoms in total. The van der Waals surface area contributed by atoms with Gasteiger partial charge < -0.3 is 19.7 Å². The van der Waals surface area contributed by atoms with Crippen LogP contribution in [0.1, 0.15) is 41.7 Å². The highest BCUT2D eigenvalue weighted by Crippen LogP contribution is 2.38. The van der Waals surface area contributed by atoms with Crippen molar-refractivity contribution in [3.8, 4) is 0 Å². The quantitative estimate of drug-likeness (QED) is 0.572. The maximum atomic E-state index is 15.2. The number of rotatable bonds is 6. The van der Waals surface area contributed by atoms with Crippen LogP contribution in [0.15, 0.2) is 47.4 Å². The van der Waals surface area contributed by atoms with Gasteiger partial charge in [-0.2, -0.15) is 0 Å². The number of aromatic nitrogens is 1. The van der Waals surface area contributed by atoms with E-state index in [9.17, 15) is 9.59 Å². The highest BCUT2D eigenvalue weighted by molar-refractivity contribution is 6.30. The van der Waals surface area contributed by atoms with Crippen molar-refractivity contribution in [2.45, 2.75) is 32.4 Å². The highest BCUT2D eigenvalue weighted by atomic mass is 35.5. The van der Waals surface area contributed by atoms with Crippen LogP contribution >= 0.6 is 11.6 Å². The number of likely N-dealkylation sites (N-methyl/N-ethyl adjacent to an activating group) is 1. The second-order valence-corrected chi connectivity index (χ2v) is 9.50. The average molecular weight is 483 g/mol. The molecular formula is C26H28ClFN4O2. The molecule has 2 aromatic carbocycles. The van der Waals surface area contributed by atoms with Crippen LogP contribution in [0.5, 0.6) is 0 Å². The first kappa shape index (κ1) is 22.9. The van der Waals surface area contributed by atoms with E-state index in [-0.39, 0.29) is 23.5 Å². The van der Waals surface area contributed by atoms with Crippen molar-refractivity contribution in [3.63, 3.8) is 0 Å². The Morgan fingerprint density at radius 2 is 1.82 bits per heavy atom. The van der Waals surface area contributed by atoms with Gasteiger partial charge in [-0.1, -0.05) is 30.7 Å². The zero-order valence-corrected chi connectivity index (χ0v) is 19.9. The van der Waals surface area contributed by atoms with Gasteiger partial charge in [-0.15, -0.1) is 0 Å². The molecule has 1 saturated carbocycles. The normalized spacial score (nSPS) is 16.7. The molecule has 8 heteroatoms. The monoisotopic (exact) mass is 482 g/mol. The van der Waals surface area contributed by atoms with Gasteiger partial charge in [-0.05, 0) is 49.2 Å². The zero-order valence-electron chi connectivity index (χ0n) is 19.2. The summed E-state index contributed by atoms with van der Waals surface area (Å²) in [4.78, 5) is 30.6. The van der Waals surface area contributed by atoms with Crippen LogP contribution < -0.4 is 15.6 Å². The van der Waals surface area contributed by atoms with Crippen LogP contribution in [-0.2, 0) is 6.54 Å². The third-order valence-electron chi connectivity index (χ3n) is 6.81. The largest absolute Gasteiger partial charge is 0.367 e. The second kappa shape index (κ2) is 9.39. The summed E-state index contributed by atoms with van der Waals surface area (Å²) >= 11 is 5.92. The summed E-state index contributed by atoms with van der Waals surface area (Å²) in [5.74, 6) is -0.882. The molecule has 2 fully saturated rings. The van der Waals surface area contributed by atoms with E-state index in [1.165, 1.54) is 6.07 Å². The Morgan fingerprint density at radius 3 is 2.47 bits per heavy atom.